The molecule has 3 aromatic heterocycles. The molecule has 0 atom stereocenters. The van der Waals surface area contributed by atoms with Crippen LogP contribution >= 0.6 is 11.8 Å². The molecule has 0 radical (unpaired) electrons. The minimum atomic E-state index is -0.0859. The number of thioether (sulfide) groups is 1. The Bertz CT molecular complexity index is 1440. The van der Waals surface area contributed by atoms with E-state index >= 15 is 0 Å². The van der Waals surface area contributed by atoms with Crippen LogP contribution in [-0.2, 0) is 12.3 Å². The van der Waals surface area contributed by atoms with Crippen LogP contribution < -0.4 is 10.9 Å². The van der Waals surface area contributed by atoms with Crippen LogP contribution in [-0.4, -0.2) is 36.5 Å². The van der Waals surface area contributed by atoms with E-state index in [2.05, 4.69) is 25.3 Å². The maximum Gasteiger partial charge on any atom is 0.265 e. The van der Waals surface area contributed by atoms with Crippen molar-refractivity contribution in [1.29, 1.82) is 0 Å². The molecule has 0 unspecified atom stereocenters. The summed E-state index contributed by atoms with van der Waals surface area (Å²) in [7, 11) is 1.90. The molecule has 154 valence electrons. The Balaban J connectivity index is 1.62. The third-order valence-corrected chi connectivity index (χ3v) is 5.91. The molecule has 5 rings (SSSR count). The highest BCUT2D eigenvalue weighted by atomic mass is 32.2. The highest BCUT2D eigenvalue weighted by molar-refractivity contribution is 7.98. The number of aromatic nitrogens is 6. The topological polar surface area (TPSA) is 101 Å². The lowest BCUT2D eigenvalue weighted by atomic mass is 10.2. The van der Waals surface area contributed by atoms with Crippen LogP contribution in [0.2, 0.25) is 0 Å². The fourth-order valence-corrected chi connectivity index (χ4v) is 4.41. The third kappa shape index (κ3) is 3.69. The van der Waals surface area contributed by atoms with Gasteiger partial charge in [0.25, 0.3) is 5.56 Å². The second-order valence-electron chi connectivity index (χ2n) is 6.95. The molecule has 0 aliphatic heterocycles. The summed E-state index contributed by atoms with van der Waals surface area (Å²) in [5.41, 5.74) is 3.87. The van der Waals surface area contributed by atoms with Crippen molar-refractivity contribution in [3.63, 3.8) is 0 Å². The van der Waals surface area contributed by atoms with Crippen LogP contribution in [0.15, 0.2) is 71.0 Å². The summed E-state index contributed by atoms with van der Waals surface area (Å²) in [6.45, 7) is 0.715. The van der Waals surface area contributed by atoms with Gasteiger partial charge >= 0.3 is 0 Å². The first-order valence-corrected chi connectivity index (χ1v) is 10.7. The number of nitrogens with zero attached hydrogens (tertiary/aromatic N) is 5. The Morgan fingerprint density at radius 2 is 2.00 bits per heavy atom. The highest BCUT2D eigenvalue weighted by Crippen LogP contribution is 2.26. The number of nitrogens with one attached hydrogen (secondary N) is 2. The number of fused-ring (bicyclic) bond motifs is 2. The Morgan fingerprint density at radius 3 is 2.90 bits per heavy atom. The lowest BCUT2D eigenvalue weighted by molar-refractivity contribution is 0.812. The van der Waals surface area contributed by atoms with Gasteiger partial charge in [0.2, 0.25) is 0 Å². The van der Waals surface area contributed by atoms with Crippen molar-refractivity contribution in [2.24, 2.45) is 0 Å². The third-order valence-electron chi connectivity index (χ3n) is 4.92. The molecule has 0 saturated heterocycles. The molecule has 0 aliphatic rings. The van der Waals surface area contributed by atoms with E-state index in [1.54, 1.807) is 10.9 Å². The Hall–Kier alpha value is -3.56. The van der Waals surface area contributed by atoms with Crippen LogP contribution in [0.5, 0.6) is 0 Å². The van der Waals surface area contributed by atoms with Gasteiger partial charge in [0.05, 0.1) is 28.7 Å². The van der Waals surface area contributed by atoms with Gasteiger partial charge in [-0.3, -0.25) is 9.36 Å². The first-order valence-electron chi connectivity index (χ1n) is 9.76. The number of H-pyrrole nitrogens is 1. The van der Waals surface area contributed by atoms with Gasteiger partial charge in [-0.05, 0) is 36.9 Å². The lowest BCUT2D eigenvalue weighted by Gasteiger charge is -2.14. The number of imidazole rings is 1. The van der Waals surface area contributed by atoms with E-state index in [1.165, 1.54) is 18.1 Å². The summed E-state index contributed by atoms with van der Waals surface area (Å²) in [6.07, 6.45) is 3.09. The van der Waals surface area contributed by atoms with Crippen molar-refractivity contribution >= 4 is 33.8 Å². The molecule has 2 aromatic carbocycles. The predicted molar refractivity (Wildman–Crippen MR) is 121 cm³/mol. The van der Waals surface area contributed by atoms with E-state index in [-0.39, 0.29) is 5.56 Å². The second-order valence-corrected chi connectivity index (χ2v) is 7.92. The summed E-state index contributed by atoms with van der Waals surface area (Å²) in [5.74, 6) is 1.11. The van der Waals surface area contributed by atoms with Gasteiger partial charge in [0, 0.05) is 6.54 Å². The molecule has 0 saturated carbocycles. The van der Waals surface area contributed by atoms with Crippen LogP contribution in [0, 0.1) is 0 Å². The van der Waals surface area contributed by atoms with Gasteiger partial charge in [0.15, 0.2) is 5.65 Å². The van der Waals surface area contributed by atoms with Crippen molar-refractivity contribution in [3.8, 4) is 5.69 Å². The van der Waals surface area contributed by atoms with Crippen LogP contribution in [0.1, 0.15) is 11.4 Å². The molecular formula is C22H19N7OS. The zero-order valence-electron chi connectivity index (χ0n) is 16.7. The Labute approximate surface area is 181 Å². The molecule has 5 aromatic rings. The monoisotopic (exact) mass is 429 g/mol. The number of hydrogen-bond acceptors (Lipinski definition) is 7. The number of para-hydroxylation sites is 1. The van der Waals surface area contributed by atoms with Crippen molar-refractivity contribution in [3.05, 3.63) is 82.9 Å². The summed E-state index contributed by atoms with van der Waals surface area (Å²) >= 11 is 1.49. The highest BCUT2D eigenvalue weighted by Gasteiger charge is 2.15. The van der Waals surface area contributed by atoms with Gasteiger partial charge in [-0.1, -0.05) is 36.0 Å². The van der Waals surface area contributed by atoms with Crippen molar-refractivity contribution in [1.82, 2.24) is 34.8 Å². The molecule has 0 bridgehead atoms. The van der Waals surface area contributed by atoms with Crippen molar-refractivity contribution in [2.45, 2.75) is 17.3 Å². The molecule has 0 spiro atoms. The maximum atomic E-state index is 13.5. The van der Waals surface area contributed by atoms with Gasteiger partial charge in [-0.25, -0.2) is 19.9 Å². The van der Waals surface area contributed by atoms with E-state index in [0.717, 1.165) is 21.8 Å². The van der Waals surface area contributed by atoms with E-state index in [1.807, 2.05) is 55.6 Å². The maximum absolute atomic E-state index is 13.5. The minimum absolute atomic E-state index is 0.0859. The molecule has 3 heterocycles. The number of aromatic amines is 1. The molecule has 0 amide bonds. The molecule has 2 N–H and O–H groups in total. The first-order chi connectivity index (χ1) is 15.2. The van der Waals surface area contributed by atoms with Gasteiger partial charge in [-0.15, -0.1) is 0 Å². The van der Waals surface area contributed by atoms with Gasteiger partial charge < -0.3 is 10.3 Å². The summed E-state index contributed by atoms with van der Waals surface area (Å²) in [5, 5.41) is 4.51. The lowest BCUT2D eigenvalue weighted by Crippen LogP contribution is -2.24. The normalized spacial score (nSPS) is 11.4. The van der Waals surface area contributed by atoms with Crippen molar-refractivity contribution < 1.29 is 0 Å². The van der Waals surface area contributed by atoms with Crippen LogP contribution in [0.4, 0.5) is 0 Å². The zero-order chi connectivity index (χ0) is 21.2. The largest absolute Gasteiger partial charge is 0.341 e. The standard InChI is InChI=1S/C22H19N7OS/c1-23-10-14-5-4-6-15(9-14)29-18(28-17-8-3-2-7-16(17)22(29)30)11-31-21-19-20(25-12-24-19)26-13-27-21/h2-9,12-13,23H,10-11H2,1H3,(H,24,25,26,27). The number of rotatable bonds is 6. The second kappa shape index (κ2) is 8.29. The molecule has 8 nitrogen and oxygen atoms in total. The predicted octanol–water partition coefficient (Wildman–Crippen LogP) is 3.06. The van der Waals surface area contributed by atoms with Crippen LogP contribution in [0.25, 0.3) is 27.8 Å². The summed E-state index contributed by atoms with van der Waals surface area (Å²) in [6, 6.07) is 15.4. The Morgan fingerprint density at radius 1 is 1.10 bits per heavy atom. The van der Waals surface area contributed by atoms with E-state index in [9.17, 15) is 4.79 Å². The number of hydrogen-bond donors (Lipinski definition) is 2. The van der Waals surface area contributed by atoms with Gasteiger partial charge in [-0.2, -0.15) is 0 Å². The summed E-state index contributed by atoms with van der Waals surface area (Å²) in [4.78, 5) is 34.1. The van der Waals surface area contributed by atoms with Crippen molar-refractivity contribution in [2.75, 3.05) is 7.05 Å². The fraction of sp³-hybridized carbons (Fsp3) is 0.136. The molecule has 0 fully saturated rings. The fourth-order valence-electron chi connectivity index (χ4n) is 3.54. The average molecular weight is 430 g/mol. The minimum Gasteiger partial charge on any atom is -0.341 e. The SMILES string of the molecule is CNCc1cccc(-n2c(CSc3ncnc4nc[nH]c34)nc3ccccc3c2=O)c1. The molecule has 0 aliphatic carbocycles. The van der Waals surface area contributed by atoms with Gasteiger partial charge in [0.1, 0.15) is 22.7 Å². The van der Waals surface area contributed by atoms with Crippen LogP contribution in [0.3, 0.4) is 0 Å². The summed E-state index contributed by atoms with van der Waals surface area (Å²) < 4.78 is 1.69. The smallest absolute Gasteiger partial charge is 0.265 e. The molecular weight excluding hydrogens is 410 g/mol. The van der Waals surface area contributed by atoms with E-state index < -0.39 is 0 Å². The molecule has 9 heteroatoms. The quantitative estimate of drug-likeness (QED) is 0.316. The van der Waals surface area contributed by atoms with E-state index in [4.69, 9.17) is 4.98 Å². The Kier molecular flexibility index (Phi) is 5.19. The zero-order valence-corrected chi connectivity index (χ0v) is 17.6. The number of benzene rings is 2. The average Bonchev–Trinajstić information content (AvgIpc) is 3.28. The van der Waals surface area contributed by atoms with E-state index in [0.29, 0.717) is 34.7 Å². The molecule has 31 heavy (non-hydrogen) atoms. The first kappa shape index (κ1) is 19.4.